The highest BCUT2D eigenvalue weighted by molar-refractivity contribution is 7.15. The minimum Gasteiger partial charge on any atom is -0.302 e. The Bertz CT molecular complexity index is 681. The predicted molar refractivity (Wildman–Crippen MR) is 92.1 cm³/mol. The van der Waals surface area contributed by atoms with Gasteiger partial charge in [0.2, 0.25) is 11.0 Å². The molecule has 1 atom stereocenters. The van der Waals surface area contributed by atoms with E-state index in [1.165, 1.54) is 36.3 Å². The first kappa shape index (κ1) is 15.7. The predicted octanol–water partition coefficient (Wildman–Crippen LogP) is 2.35. The molecule has 2 N–H and O–H groups in total. The van der Waals surface area contributed by atoms with Gasteiger partial charge in [0.1, 0.15) is 5.01 Å². The SMILES string of the molecule is O=C(CCN1CCCC(c2ccn[nH]2)C1)Nc1nnc(C2CC2)s1. The molecule has 0 bridgehead atoms. The molecular formula is C16H22N6OS. The number of piperidine rings is 1. The highest BCUT2D eigenvalue weighted by Gasteiger charge is 2.28. The smallest absolute Gasteiger partial charge is 0.227 e. The molecule has 1 aliphatic heterocycles. The Morgan fingerprint density at radius 2 is 2.25 bits per heavy atom. The number of H-pyrrole nitrogens is 1. The first-order valence-corrected chi connectivity index (χ1v) is 9.44. The molecule has 128 valence electrons. The van der Waals surface area contributed by atoms with Crippen LogP contribution in [0.2, 0.25) is 0 Å². The van der Waals surface area contributed by atoms with Gasteiger partial charge in [-0.1, -0.05) is 11.3 Å². The van der Waals surface area contributed by atoms with E-state index in [0.717, 1.165) is 31.1 Å². The maximum absolute atomic E-state index is 12.1. The van der Waals surface area contributed by atoms with Crippen LogP contribution in [-0.2, 0) is 4.79 Å². The molecule has 1 saturated heterocycles. The van der Waals surface area contributed by atoms with E-state index in [9.17, 15) is 4.79 Å². The highest BCUT2D eigenvalue weighted by Crippen LogP contribution is 2.42. The number of amides is 1. The van der Waals surface area contributed by atoms with Crippen molar-refractivity contribution in [2.24, 2.45) is 0 Å². The fourth-order valence-electron chi connectivity index (χ4n) is 3.23. The van der Waals surface area contributed by atoms with Gasteiger partial charge >= 0.3 is 0 Å². The molecule has 3 heterocycles. The van der Waals surface area contributed by atoms with Gasteiger partial charge in [-0.3, -0.25) is 9.89 Å². The standard InChI is InChI=1S/C16H22N6OS/c23-14(18-16-21-20-15(24-16)11-3-4-11)6-9-22-8-1-2-12(10-22)13-5-7-17-19-13/h5,7,11-12H,1-4,6,8-10H2,(H,17,19)(H,18,21,23). The molecule has 24 heavy (non-hydrogen) atoms. The van der Waals surface area contributed by atoms with Crippen LogP contribution in [0.5, 0.6) is 0 Å². The summed E-state index contributed by atoms with van der Waals surface area (Å²) in [6, 6.07) is 2.05. The van der Waals surface area contributed by atoms with Crippen molar-refractivity contribution >= 4 is 22.4 Å². The van der Waals surface area contributed by atoms with Crippen molar-refractivity contribution in [3.63, 3.8) is 0 Å². The van der Waals surface area contributed by atoms with Crippen LogP contribution < -0.4 is 5.32 Å². The summed E-state index contributed by atoms with van der Waals surface area (Å²) in [6.07, 6.45) is 7.05. The number of aromatic amines is 1. The summed E-state index contributed by atoms with van der Waals surface area (Å²) in [5, 5.41) is 19.9. The number of hydrogen-bond donors (Lipinski definition) is 2. The molecule has 1 amide bonds. The lowest BCUT2D eigenvalue weighted by Crippen LogP contribution is -2.36. The van der Waals surface area contributed by atoms with E-state index in [1.807, 2.05) is 6.07 Å². The molecule has 4 rings (SSSR count). The Morgan fingerprint density at radius 3 is 3.04 bits per heavy atom. The number of carbonyl (C=O) groups is 1. The molecule has 2 aromatic rings. The van der Waals surface area contributed by atoms with Gasteiger partial charge in [-0.15, -0.1) is 10.2 Å². The maximum atomic E-state index is 12.1. The Hall–Kier alpha value is -1.80. The summed E-state index contributed by atoms with van der Waals surface area (Å²) in [6.45, 7) is 2.83. The zero-order valence-corrected chi connectivity index (χ0v) is 14.4. The number of anilines is 1. The topological polar surface area (TPSA) is 86.8 Å². The van der Waals surface area contributed by atoms with Crippen LogP contribution in [0.15, 0.2) is 12.3 Å². The Kier molecular flexibility index (Phi) is 4.57. The number of nitrogens with zero attached hydrogens (tertiary/aromatic N) is 4. The van der Waals surface area contributed by atoms with E-state index in [1.54, 1.807) is 6.20 Å². The molecule has 1 saturated carbocycles. The lowest BCUT2D eigenvalue weighted by molar-refractivity contribution is -0.116. The van der Waals surface area contributed by atoms with Gasteiger partial charge in [-0.2, -0.15) is 5.10 Å². The molecule has 2 aromatic heterocycles. The molecule has 2 aliphatic rings. The van der Waals surface area contributed by atoms with Crippen molar-refractivity contribution in [3.05, 3.63) is 23.0 Å². The second-order valence-electron chi connectivity index (χ2n) is 6.67. The van der Waals surface area contributed by atoms with E-state index in [-0.39, 0.29) is 5.91 Å². The van der Waals surface area contributed by atoms with Crippen LogP contribution in [-0.4, -0.2) is 50.8 Å². The number of carbonyl (C=O) groups excluding carboxylic acids is 1. The summed E-state index contributed by atoms with van der Waals surface area (Å²) in [5.41, 5.74) is 1.20. The van der Waals surface area contributed by atoms with Gasteiger partial charge in [0, 0.05) is 43.2 Å². The molecule has 0 spiro atoms. The second-order valence-corrected chi connectivity index (χ2v) is 7.68. The number of hydrogen-bond acceptors (Lipinski definition) is 6. The number of nitrogens with one attached hydrogen (secondary N) is 2. The minimum absolute atomic E-state index is 0.0251. The van der Waals surface area contributed by atoms with Crippen molar-refractivity contribution in [1.29, 1.82) is 0 Å². The van der Waals surface area contributed by atoms with Crippen LogP contribution in [0.25, 0.3) is 0 Å². The summed E-state index contributed by atoms with van der Waals surface area (Å²) < 4.78 is 0. The van der Waals surface area contributed by atoms with E-state index in [4.69, 9.17) is 0 Å². The van der Waals surface area contributed by atoms with Gasteiger partial charge in [0.15, 0.2) is 0 Å². The van der Waals surface area contributed by atoms with Crippen LogP contribution >= 0.6 is 11.3 Å². The third-order valence-corrected chi connectivity index (χ3v) is 5.74. The molecular weight excluding hydrogens is 324 g/mol. The summed E-state index contributed by atoms with van der Waals surface area (Å²) in [7, 11) is 0. The van der Waals surface area contributed by atoms with Crippen LogP contribution in [0.3, 0.4) is 0 Å². The first-order chi connectivity index (χ1) is 11.8. The van der Waals surface area contributed by atoms with Crippen LogP contribution in [0, 0.1) is 0 Å². The van der Waals surface area contributed by atoms with E-state index in [2.05, 4.69) is 30.6 Å². The van der Waals surface area contributed by atoms with Gasteiger partial charge in [0.05, 0.1) is 0 Å². The van der Waals surface area contributed by atoms with Gasteiger partial charge in [-0.05, 0) is 38.3 Å². The monoisotopic (exact) mass is 346 g/mol. The van der Waals surface area contributed by atoms with Crippen molar-refractivity contribution in [2.75, 3.05) is 25.0 Å². The molecule has 0 aromatic carbocycles. The highest BCUT2D eigenvalue weighted by atomic mass is 32.1. The number of rotatable bonds is 6. The van der Waals surface area contributed by atoms with E-state index in [0.29, 0.717) is 23.4 Å². The first-order valence-electron chi connectivity index (χ1n) is 8.63. The molecule has 8 heteroatoms. The van der Waals surface area contributed by atoms with Crippen molar-refractivity contribution in [3.8, 4) is 0 Å². The summed E-state index contributed by atoms with van der Waals surface area (Å²) in [4.78, 5) is 14.5. The Morgan fingerprint density at radius 1 is 1.33 bits per heavy atom. The lowest BCUT2D eigenvalue weighted by atomic mass is 9.95. The molecule has 7 nitrogen and oxygen atoms in total. The van der Waals surface area contributed by atoms with Gasteiger partial charge in [-0.25, -0.2) is 0 Å². The molecule has 1 unspecified atom stereocenters. The third-order valence-electron chi connectivity index (χ3n) is 4.74. The Labute approximate surface area is 144 Å². The average Bonchev–Trinajstić information content (AvgIpc) is 3.11. The van der Waals surface area contributed by atoms with Gasteiger partial charge in [0.25, 0.3) is 0 Å². The number of likely N-dealkylation sites (tertiary alicyclic amines) is 1. The second kappa shape index (κ2) is 6.98. The minimum atomic E-state index is 0.0251. The lowest BCUT2D eigenvalue weighted by Gasteiger charge is -2.31. The molecule has 1 aliphatic carbocycles. The van der Waals surface area contributed by atoms with E-state index < -0.39 is 0 Å². The fourth-order valence-corrected chi connectivity index (χ4v) is 4.16. The van der Waals surface area contributed by atoms with Crippen molar-refractivity contribution in [1.82, 2.24) is 25.3 Å². The van der Waals surface area contributed by atoms with Crippen LogP contribution in [0.4, 0.5) is 5.13 Å². The van der Waals surface area contributed by atoms with Crippen molar-refractivity contribution < 1.29 is 4.79 Å². The fraction of sp³-hybridized carbons (Fsp3) is 0.625. The normalized spacial score (nSPS) is 21.8. The summed E-state index contributed by atoms with van der Waals surface area (Å²) in [5.74, 6) is 1.10. The molecule has 2 fully saturated rings. The average molecular weight is 346 g/mol. The molecule has 0 radical (unpaired) electrons. The van der Waals surface area contributed by atoms with Gasteiger partial charge < -0.3 is 10.2 Å². The Balaban J connectivity index is 1.24. The van der Waals surface area contributed by atoms with Crippen LogP contribution in [0.1, 0.15) is 54.6 Å². The zero-order chi connectivity index (χ0) is 16.4. The zero-order valence-electron chi connectivity index (χ0n) is 13.6. The van der Waals surface area contributed by atoms with E-state index >= 15 is 0 Å². The largest absolute Gasteiger partial charge is 0.302 e. The summed E-state index contributed by atoms with van der Waals surface area (Å²) >= 11 is 1.51. The third kappa shape index (κ3) is 3.81. The quantitative estimate of drug-likeness (QED) is 0.838. The number of aromatic nitrogens is 4. The maximum Gasteiger partial charge on any atom is 0.227 e. The van der Waals surface area contributed by atoms with Crippen molar-refractivity contribution in [2.45, 2.75) is 43.9 Å².